The van der Waals surface area contributed by atoms with Gasteiger partial charge in [0.25, 0.3) is 11.7 Å². The maximum absolute atomic E-state index is 13.1. The lowest BCUT2D eigenvalue weighted by atomic mass is 9.99. The maximum atomic E-state index is 13.1. The van der Waals surface area contributed by atoms with Gasteiger partial charge in [-0.1, -0.05) is 19.1 Å². The molecule has 2 aromatic carbocycles. The largest absolute Gasteiger partial charge is 0.507 e. The number of ether oxygens (including phenoxy) is 1. The normalized spacial score (nSPS) is 17.2. The number of furan rings is 1. The van der Waals surface area contributed by atoms with Crippen molar-refractivity contribution in [1.82, 2.24) is 0 Å². The Morgan fingerprint density at radius 2 is 1.74 bits per heavy atom. The second-order valence-corrected chi connectivity index (χ2v) is 7.79. The average Bonchev–Trinajstić information content (AvgIpc) is 3.45. The van der Waals surface area contributed by atoms with Crippen LogP contribution in [0.3, 0.4) is 0 Å². The van der Waals surface area contributed by atoms with Gasteiger partial charge in [0.15, 0.2) is 0 Å². The highest BCUT2D eigenvalue weighted by Crippen LogP contribution is 2.42. The molecule has 8 heteroatoms. The summed E-state index contributed by atoms with van der Waals surface area (Å²) in [6, 6.07) is 15.2. The van der Waals surface area contributed by atoms with Crippen molar-refractivity contribution in [2.75, 3.05) is 11.5 Å². The number of benzene rings is 2. The highest BCUT2D eigenvalue weighted by Gasteiger charge is 2.48. The fourth-order valence-corrected chi connectivity index (χ4v) is 3.85. The van der Waals surface area contributed by atoms with E-state index in [0.29, 0.717) is 34.9 Å². The third kappa shape index (κ3) is 4.43. The summed E-state index contributed by atoms with van der Waals surface area (Å²) in [6.45, 7) is 2.55. The van der Waals surface area contributed by atoms with Crippen molar-refractivity contribution in [3.05, 3.63) is 89.4 Å². The molecule has 0 aliphatic carbocycles. The number of aliphatic carboxylic acids is 1. The monoisotopic (exact) mass is 461 g/mol. The van der Waals surface area contributed by atoms with Crippen LogP contribution >= 0.6 is 0 Å². The Morgan fingerprint density at radius 1 is 1.03 bits per heavy atom. The molecule has 1 atom stereocenters. The van der Waals surface area contributed by atoms with E-state index in [2.05, 4.69) is 0 Å². The fourth-order valence-electron chi connectivity index (χ4n) is 3.85. The van der Waals surface area contributed by atoms with Gasteiger partial charge in [-0.3, -0.25) is 19.3 Å². The van der Waals surface area contributed by atoms with Crippen LogP contribution < -0.4 is 9.64 Å². The molecule has 8 nitrogen and oxygen atoms in total. The fraction of sp³-hybridized carbons (Fsp3) is 0.192. The molecule has 1 aliphatic rings. The number of carbonyl (C=O) groups excluding carboxylic acids is 2. The zero-order chi connectivity index (χ0) is 24.2. The Labute approximate surface area is 195 Å². The molecular formula is C26H23NO7. The van der Waals surface area contributed by atoms with Crippen LogP contribution in [0.1, 0.15) is 36.3 Å². The van der Waals surface area contributed by atoms with E-state index in [1.54, 1.807) is 60.7 Å². The summed E-state index contributed by atoms with van der Waals surface area (Å²) in [6.07, 6.45) is 2.11. The molecule has 2 heterocycles. The molecule has 0 radical (unpaired) electrons. The highest BCUT2D eigenvalue weighted by atomic mass is 16.5. The van der Waals surface area contributed by atoms with E-state index < -0.39 is 23.7 Å². The first-order chi connectivity index (χ1) is 16.4. The van der Waals surface area contributed by atoms with E-state index in [-0.39, 0.29) is 17.8 Å². The van der Waals surface area contributed by atoms with Gasteiger partial charge in [-0.15, -0.1) is 0 Å². The minimum atomic E-state index is -0.989. The predicted octanol–water partition coefficient (Wildman–Crippen LogP) is 4.32. The van der Waals surface area contributed by atoms with Gasteiger partial charge in [-0.05, 0) is 60.5 Å². The molecule has 1 aromatic heterocycles. The topological polar surface area (TPSA) is 117 Å². The lowest BCUT2D eigenvalue weighted by molar-refractivity contribution is -0.136. The Balaban J connectivity index is 1.76. The number of hydrogen-bond donors (Lipinski definition) is 2. The molecule has 174 valence electrons. The van der Waals surface area contributed by atoms with Crippen molar-refractivity contribution in [3.63, 3.8) is 0 Å². The lowest BCUT2D eigenvalue weighted by Gasteiger charge is -2.23. The average molecular weight is 461 g/mol. The van der Waals surface area contributed by atoms with Gasteiger partial charge in [-0.25, -0.2) is 0 Å². The number of nitrogens with zero attached hydrogens (tertiary/aromatic N) is 1. The molecule has 34 heavy (non-hydrogen) atoms. The zero-order valence-corrected chi connectivity index (χ0v) is 18.4. The van der Waals surface area contributed by atoms with Crippen molar-refractivity contribution in [2.24, 2.45) is 0 Å². The van der Waals surface area contributed by atoms with Gasteiger partial charge in [-0.2, -0.15) is 0 Å². The van der Waals surface area contributed by atoms with E-state index in [4.69, 9.17) is 14.3 Å². The Bertz CT molecular complexity index is 1230. The summed E-state index contributed by atoms with van der Waals surface area (Å²) in [5.41, 5.74) is 1.18. The van der Waals surface area contributed by atoms with Gasteiger partial charge >= 0.3 is 5.97 Å². The first-order valence-corrected chi connectivity index (χ1v) is 10.8. The van der Waals surface area contributed by atoms with Crippen LogP contribution in [0.25, 0.3) is 5.76 Å². The molecule has 0 saturated carbocycles. The number of ketones is 1. The number of aliphatic hydroxyl groups excluding tert-OH is 1. The third-order valence-electron chi connectivity index (χ3n) is 5.43. The van der Waals surface area contributed by atoms with Crippen molar-refractivity contribution in [1.29, 1.82) is 0 Å². The van der Waals surface area contributed by atoms with E-state index in [1.807, 2.05) is 6.92 Å². The van der Waals surface area contributed by atoms with Gasteiger partial charge in [0.1, 0.15) is 23.3 Å². The summed E-state index contributed by atoms with van der Waals surface area (Å²) in [7, 11) is 0. The van der Waals surface area contributed by atoms with E-state index in [9.17, 15) is 19.5 Å². The Hall–Kier alpha value is -4.33. The predicted molar refractivity (Wildman–Crippen MR) is 124 cm³/mol. The minimum absolute atomic E-state index is 0.100. The molecule has 4 rings (SSSR count). The summed E-state index contributed by atoms with van der Waals surface area (Å²) < 4.78 is 11.1. The molecule has 1 fully saturated rings. The number of hydrogen-bond acceptors (Lipinski definition) is 6. The molecular weight excluding hydrogens is 438 g/mol. The Kier molecular flexibility index (Phi) is 6.49. The first kappa shape index (κ1) is 22.8. The first-order valence-electron chi connectivity index (χ1n) is 10.8. The second kappa shape index (κ2) is 9.66. The number of amides is 1. The molecule has 1 saturated heterocycles. The van der Waals surface area contributed by atoms with Gasteiger partial charge in [0.2, 0.25) is 0 Å². The molecule has 3 aromatic rings. The summed E-state index contributed by atoms with van der Waals surface area (Å²) in [5.74, 6) is -2.04. The van der Waals surface area contributed by atoms with Gasteiger partial charge in [0, 0.05) is 11.3 Å². The number of carboxylic acid groups (broad SMARTS) is 1. The molecule has 0 bridgehead atoms. The van der Waals surface area contributed by atoms with Crippen LogP contribution in [0.15, 0.2) is 76.9 Å². The second-order valence-electron chi connectivity index (χ2n) is 7.79. The summed E-state index contributed by atoms with van der Waals surface area (Å²) in [5, 5.41) is 20.1. The van der Waals surface area contributed by atoms with E-state index >= 15 is 0 Å². The molecule has 1 amide bonds. The molecule has 1 unspecified atom stereocenters. The zero-order valence-electron chi connectivity index (χ0n) is 18.4. The number of rotatable bonds is 8. The van der Waals surface area contributed by atoms with Gasteiger partial charge < -0.3 is 19.4 Å². The maximum Gasteiger partial charge on any atom is 0.307 e. The molecule has 0 spiro atoms. The number of aliphatic hydroxyl groups is 1. The van der Waals surface area contributed by atoms with Crippen LogP contribution in [0, 0.1) is 0 Å². The van der Waals surface area contributed by atoms with Crippen molar-refractivity contribution < 1.29 is 33.8 Å². The Morgan fingerprint density at radius 3 is 2.32 bits per heavy atom. The molecule has 1 aliphatic heterocycles. The standard InChI is InChI=1S/C26H23NO7/c1-2-13-33-19-11-7-17(8-12-19)24(30)22-23(20-4-3-14-34-20)27(26(32)25(22)31)18-9-5-16(6-10-18)15-21(28)29/h3-12,14,23,30H,2,13,15H2,1H3,(H,28,29)/b24-22-. The molecule has 2 N–H and O–H groups in total. The number of Topliss-reactive ketones (excluding diaryl/α,β-unsaturated/α-hetero) is 1. The lowest BCUT2D eigenvalue weighted by Crippen LogP contribution is -2.29. The summed E-state index contributed by atoms with van der Waals surface area (Å²) >= 11 is 0. The number of carbonyl (C=O) groups is 3. The van der Waals surface area contributed by atoms with Crippen molar-refractivity contribution in [2.45, 2.75) is 25.8 Å². The minimum Gasteiger partial charge on any atom is -0.507 e. The van der Waals surface area contributed by atoms with Crippen LogP contribution in [0.4, 0.5) is 5.69 Å². The SMILES string of the molecule is CCCOc1ccc(/C(O)=C2/C(=O)C(=O)N(c3ccc(CC(=O)O)cc3)C2c2ccco2)cc1. The number of anilines is 1. The number of carboxylic acids is 1. The smallest absolute Gasteiger partial charge is 0.307 e. The van der Waals surface area contributed by atoms with Gasteiger partial charge in [0.05, 0.1) is 24.9 Å². The van der Waals surface area contributed by atoms with E-state index in [1.165, 1.54) is 11.2 Å². The van der Waals surface area contributed by atoms with Crippen molar-refractivity contribution >= 4 is 29.1 Å². The highest BCUT2D eigenvalue weighted by molar-refractivity contribution is 6.51. The van der Waals surface area contributed by atoms with Crippen LogP contribution in [0.5, 0.6) is 5.75 Å². The van der Waals surface area contributed by atoms with Crippen LogP contribution in [-0.4, -0.2) is 34.5 Å². The summed E-state index contributed by atoms with van der Waals surface area (Å²) in [4.78, 5) is 38.4. The van der Waals surface area contributed by atoms with Crippen LogP contribution in [-0.2, 0) is 20.8 Å². The third-order valence-corrected chi connectivity index (χ3v) is 5.43. The quantitative estimate of drug-likeness (QED) is 0.291. The van der Waals surface area contributed by atoms with Crippen molar-refractivity contribution in [3.8, 4) is 5.75 Å². The van der Waals surface area contributed by atoms with Crippen LogP contribution in [0.2, 0.25) is 0 Å². The van der Waals surface area contributed by atoms with E-state index in [0.717, 1.165) is 6.42 Å².